The summed E-state index contributed by atoms with van der Waals surface area (Å²) >= 11 is 0. The van der Waals surface area contributed by atoms with Crippen LogP contribution in [0.4, 0.5) is 0 Å². The maximum Gasteiger partial charge on any atom is 0.222 e. The molecule has 23 heavy (non-hydrogen) atoms. The molecule has 2 amide bonds. The van der Waals surface area contributed by atoms with E-state index in [0.717, 1.165) is 31.2 Å². The van der Waals surface area contributed by atoms with Crippen LogP contribution in [0.1, 0.15) is 44.6 Å². The summed E-state index contributed by atoms with van der Waals surface area (Å²) in [4.78, 5) is 25.6. The number of aliphatic hydroxyl groups is 1. The third-order valence-corrected chi connectivity index (χ3v) is 4.54. The van der Waals surface area contributed by atoms with Crippen molar-refractivity contribution in [2.75, 3.05) is 13.2 Å². The van der Waals surface area contributed by atoms with Crippen LogP contribution in [0.5, 0.6) is 0 Å². The van der Waals surface area contributed by atoms with Crippen molar-refractivity contribution in [1.29, 1.82) is 0 Å². The lowest BCUT2D eigenvalue weighted by Gasteiger charge is -2.28. The Balaban J connectivity index is 1.86. The molecule has 2 N–H and O–H groups in total. The van der Waals surface area contributed by atoms with E-state index in [-0.39, 0.29) is 24.8 Å². The van der Waals surface area contributed by atoms with Gasteiger partial charge in [0.25, 0.3) is 0 Å². The van der Waals surface area contributed by atoms with Crippen LogP contribution in [0.15, 0.2) is 30.3 Å². The molecule has 0 spiro atoms. The predicted molar refractivity (Wildman–Crippen MR) is 88.6 cm³/mol. The lowest BCUT2D eigenvalue weighted by Crippen LogP contribution is -2.49. The van der Waals surface area contributed by atoms with Gasteiger partial charge in [-0.2, -0.15) is 0 Å². The molecule has 5 nitrogen and oxygen atoms in total. The normalized spacial score (nSPS) is 16.1. The zero-order chi connectivity index (χ0) is 16.7. The second kappa shape index (κ2) is 8.11. The fourth-order valence-electron chi connectivity index (χ4n) is 3.12. The molecule has 0 heterocycles. The van der Waals surface area contributed by atoms with Crippen LogP contribution in [0.25, 0.3) is 0 Å². The Hall–Kier alpha value is -1.88. The second-order valence-electron chi connectivity index (χ2n) is 6.37. The average molecular weight is 318 g/mol. The van der Waals surface area contributed by atoms with Gasteiger partial charge in [0.2, 0.25) is 11.8 Å². The van der Waals surface area contributed by atoms with Crippen molar-refractivity contribution in [2.45, 2.75) is 51.1 Å². The van der Waals surface area contributed by atoms with Crippen LogP contribution in [0, 0.1) is 0 Å². The van der Waals surface area contributed by atoms with Crippen molar-refractivity contribution < 1.29 is 14.7 Å². The third-order valence-electron chi connectivity index (χ3n) is 4.54. The molecular formula is C18H26N2O3. The van der Waals surface area contributed by atoms with Gasteiger partial charge >= 0.3 is 0 Å². The van der Waals surface area contributed by atoms with Crippen LogP contribution >= 0.6 is 0 Å². The first-order chi connectivity index (χ1) is 11.0. The molecule has 0 atom stereocenters. The topological polar surface area (TPSA) is 69.6 Å². The summed E-state index contributed by atoms with van der Waals surface area (Å²) in [5.41, 5.74) is 0.600. The Kier molecular flexibility index (Phi) is 6.16. The van der Waals surface area contributed by atoms with E-state index in [9.17, 15) is 14.7 Å². The van der Waals surface area contributed by atoms with Crippen molar-refractivity contribution in [3.8, 4) is 0 Å². The maximum absolute atomic E-state index is 12.2. The van der Waals surface area contributed by atoms with E-state index in [1.165, 1.54) is 6.92 Å². The number of hydrogen-bond donors (Lipinski definition) is 2. The molecule has 0 unspecified atom stereocenters. The molecule has 1 aliphatic rings. The van der Waals surface area contributed by atoms with Crippen LogP contribution < -0.4 is 5.32 Å². The van der Waals surface area contributed by atoms with Gasteiger partial charge < -0.3 is 15.3 Å². The number of nitrogens with one attached hydrogen (secondary N) is 1. The summed E-state index contributed by atoms with van der Waals surface area (Å²) in [5, 5.41) is 12.5. The Bertz CT molecular complexity index is 524. The SMILES string of the molecule is CC(=O)N(CCC(=O)NC1(CO)CCCC1)Cc1ccccc1. The number of amides is 2. The van der Waals surface area contributed by atoms with Crippen molar-refractivity contribution in [3.05, 3.63) is 35.9 Å². The van der Waals surface area contributed by atoms with Gasteiger partial charge in [-0.05, 0) is 18.4 Å². The minimum Gasteiger partial charge on any atom is -0.394 e. The van der Waals surface area contributed by atoms with Crippen LogP contribution in [-0.4, -0.2) is 40.5 Å². The quantitative estimate of drug-likeness (QED) is 0.806. The van der Waals surface area contributed by atoms with E-state index < -0.39 is 5.54 Å². The number of hydrogen-bond acceptors (Lipinski definition) is 3. The predicted octanol–water partition coefficient (Wildman–Crippen LogP) is 1.85. The van der Waals surface area contributed by atoms with Gasteiger partial charge in [-0.15, -0.1) is 0 Å². The Morgan fingerprint density at radius 1 is 1.22 bits per heavy atom. The van der Waals surface area contributed by atoms with Gasteiger partial charge in [0.1, 0.15) is 0 Å². The summed E-state index contributed by atoms with van der Waals surface area (Å²) in [6.45, 7) is 2.40. The van der Waals surface area contributed by atoms with Gasteiger partial charge in [0.15, 0.2) is 0 Å². The highest BCUT2D eigenvalue weighted by Gasteiger charge is 2.34. The van der Waals surface area contributed by atoms with Crippen molar-refractivity contribution in [1.82, 2.24) is 10.2 Å². The number of carbonyl (C=O) groups is 2. The molecule has 0 bridgehead atoms. The van der Waals surface area contributed by atoms with Crippen molar-refractivity contribution in [3.63, 3.8) is 0 Å². The maximum atomic E-state index is 12.2. The monoisotopic (exact) mass is 318 g/mol. The van der Waals surface area contributed by atoms with Gasteiger partial charge in [-0.25, -0.2) is 0 Å². The van der Waals surface area contributed by atoms with E-state index in [1.807, 2.05) is 30.3 Å². The molecule has 2 rings (SSSR count). The van der Waals surface area contributed by atoms with Crippen LogP contribution in [0.3, 0.4) is 0 Å². The fraction of sp³-hybridized carbons (Fsp3) is 0.556. The molecule has 1 fully saturated rings. The third kappa shape index (κ3) is 5.06. The number of benzene rings is 1. The van der Waals surface area contributed by atoms with Gasteiger partial charge in [-0.1, -0.05) is 43.2 Å². The summed E-state index contributed by atoms with van der Waals surface area (Å²) < 4.78 is 0. The van der Waals surface area contributed by atoms with Gasteiger partial charge in [-0.3, -0.25) is 9.59 Å². The molecule has 1 aromatic rings. The van der Waals surface area contributed by atoms with Crippen LogP contribution in [0.2, 0.25) is 0 Å². The molecular weight excluding hydrogens is 292 g/mol. The molecule has 1 saturated carbocycles. The standard InChI is InChI=1S/C18H26N2O3/c1-15(22)20(13-16-7-3-2-4-8-16)12-9-17(23)19-18(14-21)10-5-6-11-18/h2-4,7-8,21H,5-6,9-14H2,1H3,(H,19,23). The van der Waals surface area contributed by atoms with E-state index in [2.05, 4.69) is 5.32 Å². The molecule has 126 valence electrons. The fourth-order valence-corrected chi connectivity index (χ4v) is 3.12. The number of aliphatic hydroxyl groups excluding tert-OH is 1. The largest absolute Gasteiger partial charge is 0.394 e. The summed E-state index contributed by atoms with van der Waals surface area (Å²) in [5.74, 6) is -0.139. The second-order valence-corrected chi connectivity index (χ2v) is 6.37. The highest BCUT2D eigenvalue weighted by atomic mass is 16.3. The molecule has 0 saturated heterocycles. The zero-order valence-electron chi connectivity index (χ0n) is 13.8. The van der Waals surface area contributed by atoms with E-state index >= 15 is 0 Å². The van der Waals surface area contributed by atoms with E-state index in [4.69, 9.17) is 0 Å². The number of nitrogens with zero attached hydrogens (tertiary/aromatic N) is 1. The van der Waals surface area contributed by atoms with Crippen molar-refractivity contribution in [2.24, 2.45) is 0 Å². The van der Waals surface area contributed by atoms with E-state index in [1.54, 1.807) is 4.90 Å². The molecule has 5 heteroatoms. The van der Waals surface area contributed by atoms with Crippen molar-refractivity contribution >= 4 is 11.8 Å². The molecule has 1 aliphatic carbocycles. The van der Waals surface area contributed by atoms with Crippen LogP contribution in [-0.2, 0) is 16.1 Å². The number of rotatable bonds is 7. The molecule has 0 aliphatic heterocycles. The number of carbonyl (C=O) groups excluding carboxylic acids is 2. The Morgan fingerprint density at radius 3 is 2.43 bits per heavy atom. The Morgan fingerprint density at radius 2 is 1.87 bits per heavy atom. The van der Waals surface area contributed by atoms with Gasteiger partial charge in [0.05, 0.1) is 12.1 Å². The smallest absolute Gasteiger partial charge is 0.222 e. The minimum atomic E-state index is -0.447. The summed E-state index contributed by atoms with van der Waals surface area (Å²) in [7, 11) is 0. The highest BCUT2D eigenvalue weighted by molar-refractivity contribution is 5.78. The zero-order valence-corrected chi connectivity index (χ0v) is 13.8. The Labute approximate surface area is 137 Å². The summed E-state index contributed by atoms with van der Waals surface area (Å²) in [6.07, 6.45) is 3.99. The first-order valence-corrected chi connectivity index (χ1v) is 8.26. The van der Waals surface area contributed by atoms with E-state index in [0.29, 0.717) is 13.1 Å². The first kappa shape index (κ1) is 17.5. The lowest BCUT2D eigenvalue weighted by molar-refractivity contribution is -0.130. The lowest BCUT2D eigenvalue weighted by atomic mass is 9.99. The molecule has 0 radical (unpaired) electrons. The first-order valence-electron chi connectivity index (χ1n) is 8.26. The minimum absolute atomic E-state index is 0.0147. The molecule has 1 aromatic carbocycles. The highest BCUT2D eigenvalue weighted by Crippen LogP contribution is 2.29. The average Bonchev–Trinajstić information content (AvgIpc) is 3.01. The van der Waals surface area contributed by atoms with Gasteiger partial charge in [0, 0.05) is 26.4 Å². The molecule has 0 aromatic heterocycles. The summed E-state index contributed by atoms with van der Waals surface area (Å²) in [6, 6.07) is 9.74.